The highest BCUT2D eigenvalue weighted by atomic mass is 19.1. The summed E-state index contributed by atoms with van der Waals surface area (Å²) in [4.78, 5) is 20.6. The van der Waals surface area contributed by atoms with E-state index < -0.39 is 23.2 Å². The van der Waals surface area contributed by atoms with E-state index in [1.165, 1.54) is 12.1 Å². The SMILES string of the molecule is Cc1nc(Nc2cccc(C#N)c2)cc(C(=O)Nc2c(F)cccc2F)n1. The third kappa shape index (κ3) is 4.22. The van der Waals surface area contributed by atoms with Gasteiger partial charge >= 0.3 is 0 Å². The van der Waals surface area contributed by atoms with Gasteiger partial charge in [0.05, 0.1) is 11.6 Å². The van der Waals surface area contributed by atoms with Crippen molar-refractivity contribution in [2.24, 2.45) is 0 Å². The molecule has 1 aromatic heterocycles. The molecule has 3 rings (SSSR count). The summed E-state index contributed by atoms with van der Waals surface area (Å²) in [5, 5.41) is 14.1. The molecular formula is C19H13F2N5O. The van der Waals surface area contributed by atoms with Crippen LogP contribution in [0.2, 0.25) is 0 Å². The second-order valence-electron chi connectivity index (χ2n) is 5.55. The lowest BCUT2D eigenvalue weighted by Crippen LogP contribution is -2.17. The molecule has 0 saturated carbocycles. The Bertz CT molecular complexity index is 1040. The van der Waals surface area contributed by atoms with Gasteiger partial charge in [0.25, 0.3) is 5.91 Å². The van der Waals surface area contributed by atoms with Gasteiger partial charge in [0, 0.05) is 11.8 Å². The van der Waals surface area contributed by atoms with Gasteiger partial charge in [-0.05, 0) is 37.3 Å². The topological polar surface area (TPSA) is 90.7 Å². The zero-order valence-electron chi connectivity index (χ0n) is 14.1. The van der Waals surface area contributed by atoms with E-state index in [0.29, 0.717) is 17.1 Å². The fourth-order valence-corrected chi connectivity index (χ4v) is 2.36. The molecule has 0 spiro atoms. The molecule has 1 heterocycles. The maximum atomic E-state index is 13.7. The number of hydrogen-bond acceptors (Lipinski definition) is 5. The second-order valence-corrected chi connectivity index (χ2v) is 5.55. The Morgan fingerprint density at radius 1 is 1.07 bits per heavy atom. The number of carbonyl (C=O) groups excluding carboxylic acids is 1. The van der Waals surface area contributed by atoms with Gasteiger partial charge in [-0.15, -0.1) is 0 Å². The quantitative estimate of drug-likeness (QED) is 0.731. The van der Waals surface area contributed by atoms with Gasteiger partial charge in [-0.1, -0.05) is 12.1 Å². The van der Waals surface area contributed by atoms with E-state index in [0.717, 1.165) is 12.1 Å². The molecule has 3 aromatic rings. The van der Waals surface area contributed by atoms with Gasteiger partial charge in [0.1, 0.15) is 34.7 Å². The Labute approximate surface area is 153 Å². The Morgan fingerprint density at radius 2 is 1.78 bits per heavy atom. The van der Waals surface area contributed by atoms with E-state index in [9.17, 15) is 13.6 Å². The highest BCUT2D eigenvalue weighted by Gasteiger charge is 2.16. The van der Waals surface area contributed by atoms with Crippen LogP contribution in [0.5, 0.6) is 0 Å². The molecular weight excluding hydrogens is 352 g/mol. The average Bonchev–Trinajstić information content (AvgIpc) is 2.64. The standard InChI is InChI=1S/C19H13F2N5O/c1-11-23-16(19(27)26-18-14(20)6-3-7-15(18)21)9-17(24-11)25-13-5-2-4-12(8-13)10-22/h2-9H,1H3,(H,26,27)(H,23,24,25). The number of benzene rings is 2. The van der Waals surface area contributed by atoms with Crippen LogP contribution in [-0.2, 0) is 0 Å². The van der Waals surface area contributed by atoms with Crippen molar-refractivity contribution in [1.82, 2.24) is 9.97 Å². The molecule has 27 heavy (non-hydrogen) atoms. The molecule has 0 atom stereocenters. The number of para-hydroxylation sites is 1. The molecule has 0 bridgehead atoms. The van der Waals surface area contributed by atoms with E-state index in [2.05, 4.69) is 20.6 Å². The van der Waals surface area contributed by atoms with Crippen molar-refractivity contribution in [3.8, 4) is 6.07 Å². The second kappa shape index (κ2) is 7.58. The number of rotatable bonds is 4. The van der Waals surface area contributed by atoms with Crippen molar-refractivity contribution in [1.29, 1.82) is 5.26 Å². The van der Waals surface area contributed by atoms with Gasteiger partial charge in [0.2, 0.25) is 0 Å². The number of amides is 1. The summed E-state index contributed by atoms with van der Waals surface area (Å²) in [5.74, 6) is -1.97. The van der Waals surface area contributed by atoms with Crippen LogP contribution in [0.15, 0.2) is 48.5 Å². The lowest BCUT2D eigenvalue weighted by molar-refractivity contribution is 0.102. The maximum Gasteiger partial charge on any atom is 0.274 e. The minimum atomic E-state index is -0.888. The van der Waals surface area contributed by atoms with Crippen LogP contribution in [0, 0.1) is 29.9 Å². The minimum Gasteiger partial charge on any atom is -0.340 e. The Kier molecular flexibility index (Phi) is 5.04. The number of halogens is 2. The van der Waals surface area contributed by atoms with E-state index in [4.69, 9.17) is 5.26 Å². The summed E-state index contributed by atoms with van der Waals surface area (Å²) in [6, 6.07) is 13.3. The molecule has 6 nitrogen and oxygen atoms in total. The zero-order valence-corrected chi connectivity index (χ0v) is 14.1. The number of carbonyl (C=O) groups is 1. The van der Waals surface area contributed by atoms with Crippen LogP contribution in [0.1, 0.15) is 21.9 Å². The highest BCUT2D eigenvalue weighted by Crippen LogP contribution is 2.20. The number of aromatic nitrogens is 2. The maximum absolute atomic E-state index is 13.7. The fraction of sp³-hybridized carbons (Fsp3) is 0.0526. The van der Waals surface area contributed by atoms with Crippen molar-refractivity contribution in [2.75, 3.05) is 10.6 Å². The largest absolute Gasteiger partial charge is 0.340 e. The van der Waals surface area contributed by atoms with Gasteiger partial charge in [-0.25, -0.2) is 18.7 Å². The summed E-state index contributed by atoms with van der Waals surface area (Å²) < 4.78 is 27.4. The summed E-state index contributed by atoms with van der Waals surface area (Å²) in [7, 11) is 0. The van der Waals surface area contributed by atoms with Crippen LogP contribution in [0.4, 0.5) is 26.0 Å². The highest BCUT2D eigenvalue weighted by molar-refractivity contribution is 6.03. The molecule has 134 valence electrons. The molecule has 0 unspecified atom stereocenters. The molecule has 0 aliphatic rings. The molecule has 2 aromatic carbocycles. The zero-order chi connectivity index (χ0) is 19.4. The van der Waals surface area contributed by atoms with Crippen LogP contribution in [0.25, 0.3) is 0 Å². The number of nitriles is 1. The van der Waals surface area contributed by atoms with Crippen molar-refractivity contribution in [3.05, 3.63) is 77.2 Å². The van der Waals surface area contributed by atoms with Crippen LogP contribution in [0.3, 0.4) is 0 Å². The van der Waals surface area contributed by atoms with Crippen molar-refractivity contribution in [3.63, 3.8) is 0 Å². The third-order valence-corrected chi connectivity index (χ3v) is 3.54. The molecule has 0 fully saturated rings. The Hall–Kier alpha value is -3.86. The third-order valence-electron chi connectivity index (χ3n) is 3.54. The van der Waals surface area contributed by atoms with E-state index in [1.54, 1.807) is 31.2 Å². The van der Waals surface area contributed by atoms with Gasteiger partial charge in [0.15, 0.2) is 0 Å². The van der Waals surface area contributed by atoms with Gasteiger partial charge < -0.3 is 10.6 Å². The number of aryl methyl sites for hydroxylation is 1. The lowest BCUT2D eigenvalue weighted by Gasteiger charge is -2.10. The summed E-state index contributed by atoms with van der Waals surface area (Å²) >= 11 is 0. The molecule has 2 N–H and O–H groups in total. The molecule has 0 saturated heterocycles. The average molecular weight is 365 g/mol. The first-order valence-corrected chi connectivity index (χ1v) is 7.84. The Balaban J connectivity index is 1.86. The molecule has 0 aliphatic heterocycles. The summed E-state index contributed by atoms with van der Waals surface area (Å²) in [5.41, 5.74) is 0.441. The van der Waals surface area contributed by atoms with E-state index in [-0.39, 0.29) is 11.5 Å². The molecule has 1 amide bonds. The first-order chi connectivity index (χ1) is 13.0. The van der Waals surface area contributed by atoms with Crippen molar-refractivity contribution < 1.29 is 13.6 Å². The monoisotopic (exact) mass is 365 g/mol. The van der Waals surface area contributed by atoms with E-state index >= 15 is 0 Å². The number of nitrogens with one attached hydrogen (secondary N) is 2. The van der Waals surface area contributed by atoms with Gasteiger partial charge in [-0.2, -0.15) is 5.26 Å². The minimum absolute atomic E-state index is 0.0657. The van der Waals surface area contributed by atoms with Crippen molar-refractivity contribution in [2.45, 2.75) is 6.92 Å². The van der Waals surface area contributed by atoms with E-state index in [1.807, 2.05) is 6.07 Å². The summed E-state index contributed by atoms with van der Waals surface area (Å²) in [6.07, 6.45) is 0. The van der Waals surface area contributed by atoms with Gasteiger partial charge in [-0.3, -0.25) is 4.79 Å². The molecule has 8 heteroatoms. The Morgan fingerprint density at radius 3 is 2.48 bits per heavy atom. The van der Waals surface area contributed by atoms with Crippen molar-refractivity contribution >= 4 is 23.1 Å². The molecule has 0 radical (unpaired) electrons. The van der Waals surface area contributed by atoms with Crippen LogP contribution >= 0.6 is 0 Å². The normalized spacial score (nSPS) is 10.1. The van der Waals surface area contributed by atoms with Crippen LogP contribution < -0.4 is 10.6 Å². The lowest BCUT2D eigenvalue weighted by atomic mass is 10.2. The number of nitrogens with zero attached hydrogens (tertiary/aromatic N) is 3. The number of hydrogen-bond donors (Lipinski definition) is 2. The first kappa shape index (κ1) is 17.9. The first-order valence-electron chi connectivity index (χ1n) is 7.84. The van der Waals surface area contributed by atoms with Crippen LogP contribution in [-0.4, -0.2) is 15.9 Å². The smallest absolute Gasteiger partial charge is 0.274 e. The summed E-state index contributed by atoms with van der Waals surface area (Å²) in [6.45, 7) is 1.58. The molecule has 0 aliphatic carbocycles. The number of anilines is 3. The predicted octanol–water partition coefficient (Wildman–Crippen LogP) is 3.93. The fourth-order valence-electron chi connectivity index (χ4n) is 2.36. The predicted molar refractivity (Wildman–Crippen MR) is 95.5 cm³/mol.